The van der Waals surface area contributed by atoms with E-state index in [0.717, 1.165) is 32.5 Å². The summed E-state index contributed by atoms with van der Waals surface area (Å²) in [6.45, 7) is 10.5. The first-order chi connectivity index (χ1) is 9.10. The Hall–Kier alpha value is -0.120. The highest BCUT2D eigenvalue weighted by molar-refractivity contribution is 4.87. The van der Waals surface area contributed by atoms with Crippen LogP contribution in [0.2, 0.25) is 0 Å². The Balaban J connectivity index is 3.70. The molecular weight excluding hydrogens is 238 g/mol. The van der Waals surface area contributed by atoms with Crippen LogP contribution in [0, 0.1) is 0 Å². The monoisotopic (exact) mass is 273 g/mol. The maximum Gasteiger partial charge on any atom is 0.0613 e. The zero-order valence-corrected chi connectivity index (χ0v) is 13.5. The maximum absolute atomic E-state index is 9.62. The largest absolute Gasteiger partial charge is 0.394 e. The van der Waals surface area contributed by atoms with Crippen molar-refractivity contribution in [1.82, 2.24) is 5.32 Å². The lowest BCUT2D eigenvalue weighted by atomic mass is 9.90. The van der Waals surface area contributed by atoms with E-state index in [1.165, 1.54) is 25.7 Å². The average molecular weight is 273 g/mol. The summed E-state index contributed by atoms with van der Waals surface area (Å²) in [7, 11) is 0. The summed E-state index contributed by atoms with van der Waals surface area (Å²) >= 11 is 0. The quantitative estimate of drug-likeness (QED) is 0.505. The molecule has 19 heavy (non-hydrogen) atoms. The van der Waals surface area contributed by atoms with Crippen molar-refractivity contribution in [2.24, 2.45) is 0 Å². The summed E-state index contributed by atoms with van der Waals surface area (Å²) in [5.74, 6) is 0. The maximum atomic E-state index is 9.62. The minimum Gasteiger partial charge on any atom is -0.394 e. The van der Waals surface area contributed by atoms with Gasteiger partial charge in [-0.2, -0.15) is 0 Å². The van der Waals surface area contributed by atoms with E-state index in [4.69, 9.17) is 4.74 Å². The van der Waals surface area contributed by atoms with E-state index < -0.39 is 0 Å². The molecule has 0 amide bonds. The van der Waals surface area contributed by atoms with Crippen LogP contribution in [0.4, 0.5) is 0 Å². The SMILES string of the molecule is CCCCCCOCCCC(CC)(CO)NC(C)C. The summed E-state index contributed by atoms with van der Waals surface area (Å²) in [6.07, 6.45) is 7.99. The fourth-order valence-electron chi connectivity index (χ4n) is 2.45. The third-order valence-corrected chi connectivity index (χ3v) is 3.66. The number of hydrogen-bond donors (Lipinski definition) is 2. The van der Waals surface area contributed by atoms with Crippen molar-refractivity contribution in [3.63, 3.8) is 0 Å². The van der Waals surface area contributed by atoms with Crippen molar-refractivity contribution in [2.45, 2.75) is 84.2 Å². The van der Waals surface area contributed by atoms with Gasteiger partial charge in [-0.15, -0.1) is 0 Å². The normalized spacial score (nSPS) is 14.8. The molecule has 3 heteroatoms. The molecule has 0 heterocycles. The molecule has 0 saturated carbocycles. The van der Waals surface area contributed by atoms with Crippen LogP contribution >= 0.6 is 0 Å². The molecular formula is C16H35NO2. The molecule has 1 unspecified atom stereocenters. The molecule has 0 aliphatic rings. The van der Waals surface area contributed by atoms with E-state index in [-0.39, 0.29) is 12.1 Å². The Morgan fingerprint density at radius 1 is 1.05 bits per heavy atom. The van der Waals surface area contributed by atoms with Gasteiger partial charge in [0.2, 0.25) is 0 Å². The first kappa shape index (κ1) is 18.9. The highest BCUT2D eigenvalue weighted by Crippen LogP contribution is 2.18. The van der Waals surface area contributed by atoms with Crippen LogP contribution in [0.15, 0.2) is 0 Å². The minimum atomic E-state index is -0.125. The van der Waals surface area contributed by atoms with Crippen molar-refractivity contribution in [3.05, 3.63) is 0 Å². The van der Waals surface area contributed by atoms with Crippen LogP contribution in [-0.2, 0) is 4.74 Å². The molecule has 0 bridgehead atoms. The second-order valence-corrected chi connectivity index (χ2v) is 5.87. The zero-order valence-electron chi connectivity index (χ0n) is 13.5. The summed E-state index contributed by atoms with van der Waals surface area (Å²) in [5.41, 5.74) is -0.125. The molecule has 0 aromatic carbocycles. The Bertz CT molecular complexity index is 191. The summed E-state index contributed by atoms with van der Waals surface area (Å²) in [6, 6.07) is 0.405. The molecule has 3 nitrogen and oxygen atoms in total. The van der Waals surface area contributed by atoms with Gasteiger partial charge in [0.25, 0.3) is 0 Å². The van der Waals surface area contributed by atoms with Gasteiger partial charge >= 0.3 is 0 Å². The summed E-state index contributed by atoms with van der Waals surface area (Å²) < 4.78 is 5.66. The summed E-state index contributed by atoms with van der Waals surface area (Å²) in [4.78, 5) is 0. The van der Waals surface area contributed by atoms with Crippen LogP contribution < -0.4 is 5.32 Å². The van der Waals surface area contributed by atoms with E-state index in [1.54, 1.807) is 0 Å². The average Bonchev–Trinajstić information content (AvgIpc) is 2.40. The molecule has 0 saturated heterocycles. The molecule has 0 aliphatic carbocycles. The van der Waals surface area contributed by atoms with Crippen molar-refractivity contribution in [1.29, 1.82) is 0 Å². The Morgan fingerprint density at radius 3 is 2.26 bits per heavy atom. The molecule has 0 spiro atoms. The standard InChI is InChI=1S/C16H35NO2/c1-5-7-8-9-12-19-13-10-11-16(6-2,14-18)17-15(3)4/h15,17-18H,5-14H2,1-4H3. The van der Waals surface area contributed by atoms with Gasteiger partial charge in [-0.25, -0.2) is 0 Å². The number of aliphatic hydroxyl groups excluding tert-OH is 1. The minimum absolute atomic E-state index is 0.125. The molecule has 0 radical (unpaired) electrons. The number of hydrogen-bond acceptors (Lipinski definition) is 3. The lowest BCUT2D eigenvalue weighted by molar-refractivity contribution is 0.0970. The van der Waals surface area contributed by atoms with Gasteiger partial charge in [0.05, 0.1) is 6.61 Å². The molecule has 0 rings (SSSR count). The van der Waals surface area contributed by atoms with Gasteiger partial charge in [-0.3, -0.25) is 0 Å². The van der Waals surface area contributed by atoms with Crippen molar-refractivity contribution >= 4 is 0 Å². The predicted octanol–water partition coefficient (Wildman–Crippen LogP) is 3.50. The van der Waals surface area contributed by atoms with Crippen molar-refractivity contribution in [2.75, 3.05) is 19.8 Å². The number of aliphatic hydroxyl groups is 1. The van der Waals surface area contributed by atoms with E-state index >= 15 is 0 Å². The van der Waals surface area contributed by atoms with Crippen molar-refractivity contribution < 1.29 is 9.84 Å². The molecule has 0 fully saturated rings. The highest BCUT2D eigenvalue weighted by atomic mass is 16.5. The molecule has 0 aromatic rings. The fourth-order valence-corrected chi connectivity index (χ4v) is 2.45. The van der Waals surface area contributed by atoms with E-state index in [1.807, 2.05) is 0 Å². The van der Waals surface area contributed by atoms with Gasteiger partial charge in [0, 0.05) is 24.8 Å². The third-order valence-electron chi connectivity index (χ3n) is 3.66. The lowest BCUT2D eigenvalue weighted by Gasteiger charge is -2.34. The molecule has 0 aromatic heterocycles. The molecule has 1 atom stereocenters. The van der Waals surface area contributed by atoms with Gasteiger partial charge < -0.3 is 15.2 Å². The van der Waals surface area contributed by atoms with E-state index in [2.05, 4.69) is 33.0 Å². The van der Waals surface area contributed by atoms with E-state index in [9.17, 15) is 5.11 Å². The summed E-state index contributed by atoms with van der Waals surface area (Å²) in [5, 5.41) is 13.1. The van der Waals surface area contributed by atoms with E-state index in [0.29, 0.717) is 6.04 Å². The van der Waals surface area contributed by atoms with Gasteiger partial charge in [-0.05, 0) is 25.7 Å². The number of unbranched alkanes of at least 4 members (excludes halogenated alkanes) is 3. The topological polar surface area (TPSA) is 41.5 Å². The molecule has 0 aliphatic heterocycles. The van der Waals surface area contributed by atoms with Gasteiger partial charge in [-0.1, -0.05) is 47.0 Å². The van der Waals surface area contributed by atoms with Gasteiger partial charge in [0.1, 0.15) is 0 Å². The lowest BCUT2D eigenvalue weighted by Crippen LogP contribution is -2.51. The predicted molar refractivity (Wildman–Crippen MR) is 82.6 cm³/mol. The second kappa shape index (κ2) is 11.7. The Kier molecular flexibility index (Phi) is 11.6. The van der Waals surface area contributed by atoms with Crippen LogP contribution in [-0.4, -0.2) is 36.5 Å². The molecule has 116 valence electrons. The smallest absolute Gasteiger partial charge is 0.0613 e. The van der Waals surface area contributed by atoms with Crippen LogP contribution in [0.25, 0.3) is 0 Å². The number of ether oxygens (including phenoxy) is 1. The number of rotatable bonds is 13. The van der Waals surface area contributed by atoms with Crippen LogP contribution in [0.5, 0.6) is 0 Å². The third kappa shape index (κ3) is 9.42. The Labute approximate surface area is 120 Å². The highest BCUT2D eigenvalue weighted by Gasteiger charge is 2.26. The Morgan fingerprint density at radius 2 is 1.74 bits per heavy atom. The van der Waals surface area contributed by atoms with Crippen molar-refractivity contribution in [3.8, 4) is 0 Å². The van der Waals surface area contributed by atoms with Crippen LogP contribution in [0.1, 0.15) is 72.6 Å². The molecule has 2 N–H and O–H groups in total. The number of nitrogens with one attached hydrogen (secondary N) is 1. The second-order valence-electron chi connectivity index (χ2n) is 5.87. The zero-order chi connectivity index (χ0) is 14.6. The van der Waals surface area contributed by atoms with Gasteiger partial charge in [0.15, 0.2) is 0 Å². The fraction of sp³-hybridized carbons (Fsp3) is 1.00. The van der Waals surface area contributed by atoms with Crippen LogP contribution in [0.3, 0.4) is 0 Å². The first-order valence-electron chi connectivity index (χ1n) is 8.06. The first-order valence-corrected chi connectivity index (χ1v) is 8.06.